The predicted molar refractivity (Wildman–Crippen MR) is 113 cm³/mol. The Hall–Kier alpha value is -3.10. The number of carbonyl (C=O) groups is 4. The fourth-order valence-electron chi connectivity index (χ4n) is 3.03. The maximum absolute atomic E-state index is 12.6. The molecule has 9 heteroatoms. The SMILES string of the molecule is CC(C)(C)OC(=O)N[C@@H](CCCC1C(=O)OC(C)(C)OC1=O)C(=O)OCc1ccccc1. The van der Waals surface area contributed by atoms with E-state index in [0.717, 1.165) is 5.56 Å². The molecule has 0 bridgehead atoms. The lowest BCUT2D eigenvalue weighted by atomic mass is 9.98. The standard InChI is InChI=1S/C23H31NO8/c1-22(2,3)32-21(28)24-17(20(27)29-14-15-10-7-6-8-11-15)13-9-12-16-18(25)30-23(4,5)31-19(16)26/h6-8,10-11,16-17H,9,12-14H2,1-5H3,(H,24,28)/t17-/m0/s1. The van der Waals surface area contributed by atoms with Gasteiger partial charge in [0.2, 0.25) is 0 Å². The van der Waals surface area contributed by atoms with Crippen LogP contribution >= 0.6 is 0 Å². The van der Waals surface area contributed by atoms with Gasteiger partial charge in [0, 0.05) is 13.8 Å². The molecule has 1 N–H and O–H groups in total. The molecule has 0 radical (unpaired) electrons. The first-order valence-electron chi connectivity index (χ1n) is 10.5. The van der Waals surface area contributed by atoms with Crippen molar-refractivity contribution in [2.75, 3.05) is 0 Å². The molecule has 9 nitrogen and oxygen atoms in total. The summed E-state index contributed by atoms with van der Waals surface area (Å²) >= 11 is 0. The second kappa shape index (κ2) is 10.5. The molecular formula is C23H31NO8. The Morgan fingerprint density at radius 1 is 1.09 bits per heavy atom. The summed E-state index contributed by atoms with van der Waals surface area (Å²) in [5, 5.41) is 2.51. The predicted octanol–water partition coefficient (Wildman–Crippen LogP) is 3.25. The molecular weight excluding hydrogens is 418 g/mol. The number of alkyl carbamates (subject to hydrolysis) is 1. The van der Waals surface area contributed by atoms with Gasteiger partial charge < -0.3 is 24.3 Å². The van der Waals surface area contributed by atoms with Crippen LogP contribution in [0.2, 0.25) is 0 Å². The monoisotopic (exact) mass is 449 g/mol. The van der Waals surface area contributed by atoms with Gasteiger partial charge in [-0.25, -0.2) is 9.59 Å². The lowest BCUT2D eigenvalue weighted by Crippen LogP contribution is -2.46. The highest BCUT2D eigenvalue weighted by Gasteiger charge is 2.42. The van der Waals surface area contributed by atoms with Crippen LogP contribution in [0.15, 0.2) is 30.3 Å². The Bertz CT molecular complexity index is 808. The summed E-state index contributed by atoms with van der Waals surface area (Å²) in [6, 6.07) is 8.10. The molecule has 1 aliphatic heterocycles. The zero-order valence-electron chi connectivity index (χ0n) is 19.1. The minimum Gasteiger partial charge on any atom is -0.459 e. The summed E-state index contributed by atoms with van der Waals surface area (Å²) in [6.45, 7) is 8.11. The molecule has 0 saturated carbocycles. The summed E-state index contributed by atoms with van der Waals surface area (Å²) in [6.07, 6.45) is -0.271. The van der Waals surface area contributed by atoms with Crippen molar-refractivity contribution in [3.63, 3.8) is 0 Å². The molecule has 1 heterocycles. The maximum Gasteiger partial charge on any atom is 0.408 e. The minimum absolute atomic E-state index is 0.0442. The minimum atomic E-state index is -1.30. The van der Waals surface area contributed by atoms with Gasteiger partial charge in [0.25, 0.3) is 5.79 Å². The Labute approximate surface area is 187 Å². The lowest BCUT2D eigenvalue weighted by molar-refractivity contribution is -0.240. The molecule has 1 aromatic carbocycles. The van der Waals surface area contributed by atoms with E-state index in [1.165, 1.54) is 13.8 Å². The highest BCUT2D eigenvalue weighted by Crippen LogP contribution is 2.26. The van der Waals surface area contributed by atoms with Crippen molar-refractivity contribution < 1.29 is 38.1 Å². The third-order valence-corrected chi connectivity index (χ3v) is 4.45. The number of hydrogen-bond acceptors (Lipinski definition) is 8. The third-order valence-electron chi connectivity index (χ3n) is 4.45. The Balaban J connectivity index is 1.97. The molecule has 1 aromatic rings. The van der Waals surface area contributed by atoms with Gasteiger partial charge in [0.1, 0.15) is 18.2 Å². The second-order valence-corrected chi connectivity index (χ2v) is 9.02. The van der Waals surface area contributed by atoms with Gasteiger partial charge in [0.05, 0.1) is 0 Å². The average Bonchev–Trinajstić information content (AvgIpc) is 2.65. The van der Waals surface area contributed by atoms with Crippen molar-refractivity contribution in [3.8, 4) is 0 Å². The van der Waals surface area contributed by atoms with E-state index in [1.807, 2.05) is 30.3 Å². The molecule has 0 unspecified atom stereocenters. The van der Waals surface area contributed by atoms with Crippen molar-refractivity contribution >= 4 is 24.0 Å². The van der Waals surface area contributed by atoms with E-state index in [0.29, 0.717) is 0 Å². The molecule has 0 aromatic heterocycles. The van der Waals surface area contributed by atoms with Crippen LogP contribution in [0.3, 0.4) is 0 Å². The smallest absolute Gasteiger partial charge is 0.408 e. The quantitative estimate of drug-likeness (QED) is 0.365. The van der Waals surface area contributed by atoms with E-state index < -0.39 is 47.3 Å². The number of ether oxygens (including phenoxy) is 4. The number of rotatable bonds is 8. The summed E-state index contributed by atoms with van der Waals surface area (Å²) in [4.78, 5) is 49.1. The number of hydrogen-bond donors (Lipinski definition) is 1. The van der Waals surface area contributed by atoms with Crippen LogP contribution in [0.1, 0.15) is 59.4 Å². The van der Waals surface area contributed by atoms with Gasteiger partial charge in [-0.3, -0.25) is 9.59 Å². The van der Waals surface area contributed by atoms with Crippen LogP contribution in [0.25, 0.3) is 0 Å². The van der Waals surface area contributed by atoms with Crippen molar-refractivity contribution in [2.24, 2.45) is 5.92 Å². The number of carbonyl (C=O) groups excluding carboxylic acids is 4. The van der Waals surface area contributed by atoms with Gasteiger partial charge in [-0.05, 0) is 45.6 Å². The lowest BCUT2D eigenvalue weighted by Gasteiger charge is -2.33. The topological polar surface area (TPSA) is 117 Å². The molecule has 32 heavy (non-hydrogen) atoms. The van der Waals surface area contributed by atoms with Crippen molar-refractivity contribution in [1.82, 2.24) is 5.32 Å². The zero-order valence-corrected chi connectivity index (χ0v) is 19.1. The fraction of sp³-hybridized carbons (Fsp3) is 0.565. The van der Waals surface area contributed by atoms with E-state index >= 15 is 0 Å². The number of amides is 1. The van der Waals surface area contributed by atoms with Crippen molar-refractivity contribution in [3.05, 3.63) is 35.9 Å². The maximum atomic E-state index is 12.6. The van der Waals surface area contributed by atoms with Crippen LogP contribution < -0.4 is 5.32 Å². The van der Waals surface area contributed by atoms with Crippen LogP contribution in [-0.2, 0) is 39.9 Å². The van der Waals surface area contributed by atoms with Crippen molar-refractivity contribution in [2.45, 2.75) is 77.9 Å². The largest absolute Gasteiger partial charge is 0.459 e. The molecule has 1 atom stereocenters. The van der Waals surface area contributed by atoms with Gasteiger partial charge in [-0.1, -0.05) is 30.3 Å². The number of nitrogens with one attached hydrogen (secondary N) is 1. The summed E-state index contributed by atoms with van der Waals surface area (Å²) in [5.74, 6) is -4.36. The Kier molecular flexibility index (Phi) is 8.24. The second-order valence-electron chi connectivity index (χ2n) is 9.02. The molecule has 1 aliphatic rings. The summed E-state index contributed by atoms with van der Waals surface area (Å²) < 4.78 is 20.8. The normalized spacial score (nSPS) is 17.0. The van der Waals surface area contributed by atoms with E-state index in [1.54, 1.807) is 20.8 Å². The molecule has 1 amide bonds. The highest BCUT2D eigenvalue weighted by atomic mass is 16.7. The molecule has 1 fully saturated rings. The Morgan fingerprint density at radius 2 is 1.69 bits per heavy atom. The average molecular weight is 450 g/mol. The van der Waals surface area contributed by atoms with Gasteiger partial charge in [0.15, 0.2) is 5.92 Å². The summed E-state index contributed by atoms with van der Waals surface area (Å²) in [5.41, 5.74) is 0.0533. The molecule has 2 rings (SSSR count). The van der Waals surface area contributed by atoms with Gasteiger partial charge in [-0.15, -0.1) is 0 Å². The van der Waals surface area contributed by atoms with E-state index in [2.05, 4.69) is 5.32 Å². The number of esters is 3. The van der Waals surface area contributed by atoms with Crippen LogP contribution in [-0.4, -0.2) is 41.4 Å². The van der Waals surface area contributed by atoms with E-state index in [4.69, 9.17) is 18.9 Å². The Morgan fingerprint density at radius 3 is 2.25 bits per heavy atom. The third kappa shape index (κ3) is 8.20. The van der Waals surface area contributed by atoms with E-state index in [9.17, 15) is 19.2 Å². The fourth-order valence-corrected chi connectivity index (χ4v) is 3.03. The van der Waals surface area contributed by atoms with Crippen LogP contribution in [0, 0.1) is 5.92 Å². The molecule has 0 aliphatic carbocycles. The summed E-state index contributed by atoms with van der Waals surface area (Å²) in [7, 11) is 0. The zero-order chi connectivity index (χ0) is 23.9. The van der Waals surface area contributed by atoms with Crippen molar-refractivity contribution in [1.29, 1.82) is 0 Å². The van der Waals surface area contributed by atoms with Gasteiger partial charge in [-0.2, -0.15) is 0 Å². The van der Waals surface area contributed by atoms with Gasteiger partial charge >= 0.3 is 24.0 Å². The van der Waals surface area contributed by atoms with E-state index in [-0.39, 0.29) is 25.9 Å². The first kappa shape index (κ1) is 25.2. The first-order valence-corrected chi connectivity index (χ1v) is 10.5. The number of benzene rings is 1. The molecule has 0 spiro atoms. The number of cyclic esters (lactones) is 2. The molecule has 176 valence electrons. The highest BCUT2D eigenvalue weighted by molar-refractivity contribution is 5.96. The molecule has 1 saturated heterocycles. The van der Waals surface area contributed by atoms with Crippen LogP contribution in [0.4, 0.5) is 4.79 Å². The van der Waals surface area contributed by atoms with Crippen LogP contribution in [0.5, 0.6) is 0 Å². The first-order chi connectivity index (χ1) is 14.9.